The summed E-state index contributed by atoms with van der Waals surface area (Å²) in [6.07, 6.45) is 9.95. The van der Waals surface area contributed by atoms with Crippen molar-refractivity contribution in [3.8, 4) is 0 Å². The Labute approximate surface area is 89.5 Å². The molecule has 15 heavy (non-hydrogen) atoms. The van der Waals surface area contributed by atoms with Crippen LogP contribution in [-0.4, -0.2) is 33.5 Å². The summed E-state index contributed by atoms with van der Waals surface area (Å²) in [7, 11) is 0. The van der Waals surface area contributed by atoms with Gasteiger partial charge in [0.25, 0.3) is 5.79 Å². The van der Waals surface area contributed by atoms with E-state index in [1.807, 2.05) is 6.08 Å². The summed E-state index contributed by atoms with van der Waals surface area (Å²) in [6.45, 7) is 1.50. The van der Waals surface area contributed by atoms with Gasteiger partial charge in [0.05, 0.1) is 0 Å². The molecule has 0 radical (unpaired) electrons. The van der Waals surface area contributed by atoms with Gasteiger partial charge in [-0.3, -0.25) is 0 Å². The van der Waals surface area contributed by atoms with Crippen LogP contribution in [0.5, 0.6) is 0 Å². The maximum Gasteiger partial charge on any atom is 0.252 e. The fraction of sp³-hybridized carbons (Fsp3) is 0.636. The van der Waals surface area contributed by atoms with Crippen LogP contribution in [0.4, 0.5) is 0 Å². The number of hydrogen-bond donors (Lipinski definition) is 3. The minimum Gasteiger partial charge on any atom is -0.391 e. The number of aliphatic hydroxyl groups is 3. The maximum absolute atomic E-state index is 9.50. The first kappa shape index (κ1) is 12.4. The van der Waals surface area contributed by atoms with Crippen LogP contribution < -0.4 is 0 Å². The van der Waals surface area contributed by atoms with Gasteiger partial charge in [0.2, 0.25) is 5.79 Å². The van der Waals surface area contributed by atoms with Crippen molar-refractivity contribution in [3.63, 3.8) is 0 Å². The van der Waals surface area contributed by atoms with Gasteiger partial charge in [0.1, 0.15) is 6.61 Å². The summed E-state index contributed by atoms with van der Waals surface area (Å²) in [6, 6.07) is 0. The molecule has 1 saturated heterocycles. The first-order valence-corrected chi connectivity index (χ1v) is 5.18. The van der Waals surface area contributed by atoms with Crippen LogP contribution >= 0.6 is 0 Å². The van der Waals surface area contributed by atoms with E-state index in [2.05, 4.69) is 11.7 Å². The van der Waals surface area contributed by atoms with Crippen LogP contribution in [-0.2, 0) is 4.74 Å². The molecule has 2 unspecified atom stereocenters. The lowest BCUT2D eigenvalue weighted by atomic mass is 10.2. The molecule has 1 fully saturated rings. The Kier molecular flexibility index (Phi) is 4.04. The summed E-state index contributed by atoms with van der Waals surface area (Å²) in [5.74, 6) is -3.54. The van der Waals surface area contributed by atoms with E-state index in [-0.39, 0.29) is 0 Å². The molecule has 0 aromatic rings. The molecule has 1 rings (SSSR count). The third-order valence-electron chi connectivity index (χ3n) is 2.35. The number of hydrogen-bond acceptors (Lipinski definition) is 4. The zero-order valence-electron chi connectivity index (χ0n) is 8.89. The molecule has 0 saturated carbocycles. The van der Waals surface area contributed by atoms with Crippen molar-refractivity contribution in [1.29, 1.82) is 0 Å². The Hall–Kier alpha value is -0.680. The Balaban J connectivity index is 2.31. The minimum absolute atomic E-state index is 0.618. The quantitative estimate of drug-likeness (QED) is 0.345. The van der Waals surface area contributed by atoms with E-state index in [0.717, 1.165) is 19.3 Å². The summed E-state index contributed by atoms with van der Waals surface area (Å²) < 4.78 is 4.61. The highest BCUT2D eigenvalue weighted by Crippen LogP contribution is 2.44. The zero-order chi connectivity index (χ0) is 11.4. The largest absolute Gasteiger partial charge is 0.391 e. The van der Waals surface area contributed by atoms with Gasteiger partial charge in [-0.05, 0) is 12.5 Å². The van der Waals surface area contributed by atoms with Gasteiger partial charge in [-0.1, -0.05) is 38.0 Å². The number of ether oxygens (including phenoxy) is 1. The fourth-order valence-corrected chi connectivity index (χ4v) is 1.22. The van der Waals surface area contributed by atoms with E-state index in [1.54, 1.807) is 12.2 Å². The van der Waals surface area contributed by atoms with E-state index in [0.29, 0.717) is 0 Å². The molecule has 3 N–H and O–H groups in total. The van der Waals surface area contributed by atoms with Crippen molar-refractivity contribution >= 4 is 0 Å². The predicted octanol–water partition coefficient (Wildman–Crippen LogP) is 0.689. The van der Waals surface area contributed by atoms with Crippen LogP contribution in [0.25, 0.3) is 0 Å². The number of epoxide rings is 1. The smallest absolute Gasteiger partial charge is 0.252 e. The third kappa shape index (κ3) is 2.89. The Morgan fingerprint density at radius 3 is 2.53 bits per heavy atom. The molecule has 1 aliphatic heterocycles. The topological polar surface area (TPSA) is 73.2 Å². The lowest BCUT2D eigenvalue weighted by Gasteiger charge is -2.01. The molecule has 4 nitrogen and oxygen atoms in total. The van der Waals surface area contributed by atoms with Gasteiger partial charge < -0.3 is 20.1 Å². The molecule has 4 heteroatoms. The van der Waals surface area contributed by atoms with E-state index in [9.17, 15) is 10.2 Å². The summed E-state index contributed by atoms with van der Waals surface area (Å²) in [5, 5.41) is 27.5. The molecule has 0 aromatic carbocycles. The number of rotatable bonds is 6. The van der Waals surface area contributed by atoms with Crippen LogP contribution in [0.1, 0.15) is 26.2 Å². The van der Waals surface area contributed by atoms with Crippen LogP contribution in [0.2, 0.25) is 0 Å². The molecular weight excluding hydrogens is 196 g/mol. The number of aliphatic hydroxyl groups excluding tert-OH is 1. The second-order valence-corrected chi connectivity index (χ2v) is 3.67. The van der Waals surface area contributed by atoms with Gasteiger partial charge in [0, 0.05) is 0 Å². The first-order valence-electron chi connectivity index (χ1n) is 5.18. The average Bonchev–Trinajstić information content (AvgIpc) is 2.76. The van der Waals surface area contributed by atoms with Crippen LogP contribution in [0, 0.1) is 0 Å². The Morgan fingerprint density at radius 1 is 1.27 bits per heavy atom. The SMILES string of the molecule is CCCC/C=C/C=C/C1(O)OC1(O)CO. The Bertz CT molecular complexity index is 261. The standard InChI is InChI=1S/C11H18O4/c1-2-3-4-5-6-7-8-10(13)11(14,9-12)15-10/h5-8,12-14H,2-4,9H2,1H3/b6-5+,8-7+. The van der Waals surface area contributed by atoms with E-state index >= 15 is 0 Å². The average molecular weight is 214 g/mol. The summed E-state index contributed by atoms with van der Waals surface area (Å²) >= 11 is 0. The van der Waals surface area contributed by atoms with Crippen LogP contribution in [0.3, 0.4) is 0 Å². The maximum atomic E-state index is 9.50. The lowest BCUT2D eigenvalue weighted by Crippen LogP contribution is -2.27. The molecule has 86 valence electrons. The highest BCUT2D eigenvalue weighted by atomic mass is 16.8. The monoisotopic (exact) mass is 214 g/mol. The highest BCUT2D eigenvalue weighted by Gasteiger charge is 2.68. The van der Waals surface area contributed by atoms with Gasteiger partial charge in [-0.25, -0.2) is 0 Å². The van der Waals surface area contributed by atoms with E-state index in [1.165, 1.54) is 6.08 Å². The molecule has 2 atom stereocenters. The van der Waals surface area contributed by atoms with Crippen LogP contribution in [0.15, 0.2) is 24.3 Å². The number of allylic oxidation sites excluding steroid dienone is 3. The summed E-state index contributed by atoms with van der Waals surface area (Å²) in [5.41, 5.74) is 0. The molecule has 0 bridgehead atoms. The second-order valence-electron chi connectivity index (χ2n) is 3.67. The van der Waals surface area contributed by atoms with E-state index in [4.69, 9.17) is 5.11 Å². The van der Waals surface area contributed by atoms with Crippen molar-refractivity contribution < 1.29 is 20.1 Å². The zero-order valence-corrected chi connectivity index (χ0v) is 8.89. The summed E-state index contributed by atoms with van der Waals surface area (Å²) in [4.78, 5) is 0. The molecule has 0 spiro atoms. The van der Waals surface area contributed by atoms with E-state index < -0.39 is 18.2 Å². The highest BCUT2D eigenvalue weighted by molar-refractivity contribution is 5.18. The van der Waals surface area contributed by atoms with Gasteiger partial charge in [0.15, 0.2) is 0 Å². The molecule has 1 aliphatic rings. The van der Waals surface area contributed by atoms with Crippen molar-refractivity contribution in [2.24, 2.45) is 0 Å². The van der Waals surface area contributed by atoms with Gasteiger partial charge in [-0.2, -0.15) is 0 Å². The Morgan fingerprint density at radius 2 is 2.00 bits per heavy atom. The molecule has 0 aliphatic carbocycles. The van der Waals surface area contributed by atoms with Crippen molar-refractivity contribution in [3.05, 3.63) is 24.3 Å². The molecular formula is C11H18O4. The molecule has 0 amide bonds. The second kappa shape index (κ2) is 4.90. The lowest BCUT2D eigenvalue weighted by molar-refractivity contribution is -0.0177. The molecule has 1 heterocycles. The fourth-order valence-electron chi connectivity index (χ4n) is 1.22. The third-order valence-corrected chi connectivity index (χ3v) is 2.35. The minimum atomic E-state index is -1.82. The normalized spacial score (nSPS) is 35.5. The van der Waals surface area contributed by atoms with Gasteiger partial charge >= 0.3 is 0 Å². The predicted molar refractivity (Wildman–Crippen MR) is 55.9 cm³/mol. The van der Waals surface area contributed by atoms with Crippen molar-refractivity contribution in [2.45, 2.75) is 37.8 Å². The molecule has 0 aromatic heterocycles. The number of unbranched alkanes of at least 4 members (excludes halogenated alkanes) is 2. The van der Waals surface area contributed by atoms with Crippen molar-refractivity contribution in [1.82, 2.24) is 0 Å². The first-order chi connectivity index (χ1) is 7.08. The van der Waals surface area contributed by atoms with Gasteiger partial charge in [-0.15, -0.1) is 0 Å². The van der Waals surface area contributed by atoms with Crippen molar-refractivity contribution in [2.75, 3.05) is 6.61 Å².